The number of anilines is 1. The summed E-state index contributed by atoms with van der Waals surface area (Å²) < 4.78 is 1.36. The van der Waals surface area contributed by atoms with Gasteiger partial charge in [-0.05, 0) is 19.9 Å². The first-order valence-electron chi connectivity index (χ1n) is 7.15. The Hall–Kier alpha value is -1.11. The Kier molecular flexibility index (Phi) is 5.82. The van der Waals surface area contributed by atoms with Gasteiger partial charge in [0.1, 0.15) is 5.02 Å². The van der Waals surface area contributed by atoms with Crippen molar-refractivity contribution >= 4 is 17.3 Å². The van der Waals surface area contributed by atoms with Crippen LogP contribution in [0.2, 0.25) is 5.02 Å². The van der Waals surface area contributed by atoms with Gasteiger partial charge in [-0.25, -0.2) is 4.68 Å². The molecule has 0 unspecified atom stereocenters. The van der Waals surface area contributed by atoms with Crippen LogP contribution >= 0.6 is 11.6 Å². The molecule has 0 bridgehead atoms. The molecule has 7 heteroatoms. The van der Waals surface area contributed by atoms with Crippen molar-refractivity contribution in [1.82, 2.24) is 20.0 Å². The Morgan fingerprint density at radius 2 is 2.20 bits per heavy atom. The maximum absolute atomic E-state index is 11.8. The summed E-state index contributed by atoms with van der Waals surface area (Å²) in [6.07, 6.45) is 2.64. The fourth-order valence-corrected chi connectivity index (χ4v) is 2.49. The summed E-state index contributed by atoms with van der Waals surface area (Å²) in [5, 5.41) is 10.8. The second kappa shape index (κ2) is 7.61. The molecule has 0 aliphatic carbocycles. The zero-order chi connectivity index (χ0) is 14.4. The molecule has 2 rings (SSSR count). The largest absolute Gasteiger partial charge is 0.382 e. The highest BCUT2D eigenvalue weighted by Gasteiger charge is 2.10. The van der Waals surface area contributed by atoms with Gasteiger partial charge in [-0.2, -0.15) is 5.10 Å². The van der Waals surface area contributed by atoms with Gasteiger partial charge in [-0.3, -0.25) is 4.79 Å². The van der Waals surface area contributed by atoms with Crippen LogP contribution in [0.15, 0.2) is 11.0 Å². The predicted octanol–water partition coefficient (Wildman–Crippen LogP) is 0.624. The Labute approximate surface area is 124 Å². The third-order valence-corrected chi connectivity index (χ3v) is 3.83. The molecule has 6 nitrogen and oxygen atoms in total. The van der Waals surface area contributed by atoms with E-state index in [0.29, 0.717) is 12.2 Å². The quantitative estimate of drug-likeness (QED) is 0.754. The van der Waals surface area contributed by atoms with Gasteiger partial charge in [0, 0.05) is 39.3 Å². The van der Waals surface area contributed by atoms with Crippen molar-refractivity contribution in [2.45, 2.75) is 19.9 Å². The number of nitrogens with one attached hydrogen (secondary N) is 2. The summed E-state index contributed by atoms with van der Waals surface area (Å²) in [5.74, 6) is 0. The zero-order valence-electron chi connectivity index (χ0n) is 11.9. The molecule has 0 spiro atoms. The molecule has 0 atom stereocenters. The molecule has 0 aromatic carbocycles. The van der Waals surface area contributed by atoms with Gasteiger partial charge in [0.05, 0.1) is 11.9 Å². The molecule has 1 aromatic heterocycles. The Balaban J connectivity index is 1.79. The van der Waals surface area contributed by atoms with E-state index in [2.05, 4.69) is 20.6 Å². The number of aryl methyl sites for hydroxylation is 1. The molecule has 1 aromatic rings. The van der Waals surface area contributed by atoms with Gasteiger partial charge in [-0.15, -0.1) is 0 Å². The first kappa shape index (κ1) is 15.3. The number of aromatic nitrogens is 2. The minimum atomic E-state index is -0.235. The maximum atomic E-state index is 11.8. The van der Waals surface area contributed by atoms with E-state index in [4.69, 9.17) is 11.6 Å². The minimum absolute atomic E-state index is 0.226. The second-order valence-electron chi connectivity index (χ2n) is 4.87. The summed E-state index contributed by atoms with van der Waals surface area (Å²) in [6, 6.07) is 0. The molecular formula is C13H22ClN5O. The lowest BCUT2D eigenvalue weighted by molar-refractivity contribution is 0.240. The predicted molar refractivity (Wildman–Crippen MR) is 81.6 cm³/mol. The van der Waals surface area contributed by atoms with E-state index in [0.717, 1.165) is 45.7 Å². The van der Waals surface area contributed by atoms with Crippen molar-refractivity contribution < 1.29 is 0 Å². The van der Waals surface area contributed by atoms with Crippen molar-refractivity contribution in [3.05, 3.63) is 21.6 Å². The summed E-state index contributed by atoms with van der Waals surface area (Å²) >= 11 is 6.05. The SMILES string of the molecule is CCn1ncc(NCCCN2CCNCC2)c(Cl)c1=O. The van der Waals surface area contributed by atoms with Crippen LogP contribution in [0.25, 0.3) is 0 Å². The molecule has 112 valence electrons. The highest BCUT2D eigenvalue weighted by Crippen LogP contribution is 2.14. The number of hydrogen-bond acceptors (Lipinski definition) is 5. The van der Waals surface area contributed by atoms with Crippen LogP contribution in [0.3, 0.4) is 0 Å². The molecule has 2 heterocycles. The van der Waals surface area contributed by atoms with Gasteiger partial charge in [0.15, 0.2) is 0 Å². The van der Waals surface area contributed by atoms with Crippen LogP contribution in [0.1, 0.15) is 13.3 Å². The molecule has 0 amide bonds. The molecule has 0 radical (unpaired) electrons. The summed E-state index contributed by atoms with van der Waals surface area (Å²) in [5.41, 5.74) is 0.392. The van der Waals surface area contributed by atoms with Gasteiger partial charge in [0.25, 0.3) is 5.56 Å². The smallest absolute Gasteiger partial charge is 0.287 e. The zero-order valence-corrected chi connectivity index (χ0v) is 12.6. The Morgan fingerprint density at radius 1 is 1.45 bits per heavy atom. The number of nitrogens with zero attached hydrogens (tertiary/aromatic N) is 3. The maximum Gasteiger partial charge on any atom is 0.287 e. The van der Waals surface area contributed by atoms with Gasteiger partial charge >= 0.3 is 0 Å². The van der Waals surface area contributed by atoms with Crippen LogP contribution in [0.4, 0.5) is 5.69 Å². The number of piperazine rings is 1. The highest BCUT2D eigenvalue weighted by molar-refractivity contribution is 6.32. The summed E-state index contributed by atoms with van der Waals surface area (Å²) in [7, 11) is 0. The van der Waals surface area contributed by atoms with Crippen molar-refractivity contribution in [3.8, 4) is 0 Å². The van der Waals surface area contributed by atoms with Crippen LogP contribution in [0, 0.1) is 0 Å². The molecular weight excluding hydrogens is 278 g/mol. The average Bonchev–Trinajstić information content (AvgIpc) is 2.49. The molecule has 20 heavy (non-hydrogen) atoms. The molecule has 1 fully saturated rings. The summed E-state index contributed by atoms with van der Waals surface area (Å²) in [4.78, 5) is 14.3. The van der Waals surface area contributed by atoms with E-state index >= 15 is 0 Å². The molecule has 0 saturated carbocycles. The first-order chi connectivity index (χ1) is 9.72. The molecule has 1 aliphatic heterocycles. The van der Waals surface area contributed by atoms with E-state index in [1.54, 1.807) is 6.20 Å². The second-order valence-corrected chi connectivity index (χ2v) is 5.24. The first-order valence-corrected chi connectivity index (χ1v) is 7.52. The Morgan fingerprint density at radius 3 is 2.90 bits per heavy atom. The van der Waals surface area contributed by atoms with Crippen LogP contribution in [-0.2, 0) is 6.54 Å². The van der Waals surface area contributed by atoms with Crippen molar-refractivity contribution in [2.24, 2.45) is 0 Å². The van der Waals surface area contributed by atoms with Gasteiger partial charge < -0.3 is 15.5 Å². The van der Waals surface area contributed by atoms with E-state index in [9.17, 15) is 4.79 Å². The van der Waals surface area contributed by atoms with E-state index in [1.165, 1.54) is 4.68 Å². The van der Waals surface area contributed by atoms with E-state index in [1.807, 2.05) is 6.92 Å². The fraction of sp³-hybridized carbons (Fsp3) is 0.692. The highest BCUT2D eigenvalue weighted by atomic mass is 35.5. The van der Waals surface area contributed by atoms with E-state index < -0.39 is 0 Å². The van der Waals surface area contributed by atoms with Crippen LogP contribution < -0.4 is 16.2 Å². The Bertz CT molecular complexity index is 484. The molecule has 1 aliphatic rings. The number of halogens is 1. The minimum Gasteiger partial charge on any atom is -0.382 e. The third-order valence-electron chi connectivity index (χ3n) is 3.46. The van der Waals surface area contributed by atoms with Crippen molar-refractivity contribution in [3.63, 3.8) is 0 Å². The lowest BCUT2D eigenvalue weighted by Gasteiger charge is -2.27. The number of hydrogen-bond donors (Lipinski definition) is 2. The monoisotopic (exact) mass is 299 g/mol. The molecule has 2 N–H and O–H groups in total. The third kappa shape index (κ3) is 3.94. The van der Waals surface area contributed by atoms with Crippen molar-refractivity contribution in [2.75, 3.05) is 44.6 Å². The van der Waals surface area contributed by atoms with Crippen LogP contribution in [-0.4, -0.2) is 53.9 Å². The van der Waals surface area contributed by atoms with Gasteiger partial charge in [-0.1, -0.05) is 11.6 Å². The number of rotatable bonds is 6. The average molecular weight is 300 g/mol. The van der Waals surface area contributed by atoms with Gasteiger partial charge in [0.2, 0.25) is 0 Å². The fourth-order valence-electron chi connectivity index (χ4n) is 2.27. The topological polar surface area (TPSA) is 62.2 Å². The summed E-state index contributed by atoms with van der Waals surface area (Å²) in [6.45, 7) is 8.60. The lowest BCUT2D eigenvalue weighted by atomic mass is 10.3. The lowest BCUT2D eigenvalue weighted by Crippen LogP contribution is -2.44. The normalized spacial score (nSPS) is 16.3. The van der Waals surface area contributed by atoms with Crippen LogP contribution in [0.5, 0.6) is 0 Å². The standard InChI is InChI=1S/C13H22ClN5O/c1-2-19-13(20)12(14)11(10-17-19)16-4-3-7-18-8-5-15-6-9-18/h10,15-16H,2-9H2,1H3. The van der Waals surface area contributed by atoms with Crippen molar-refractivity contribution in [1.29, 1.82) is 0 Å². The molecule has 1 saturated heterocycles. The van der Waals surface area contributed by atoms with E-state index in [-0.39, 0.29) is 10.6 Å².